The van der Waals surface area contributed by atoms with Crippen molar-refractivity contribution in [3.05, 3.63) is 99.4 Å². The molecule has 0 saturated carbocycles. The van der Waals surface area contributed by atoms with Crippen molar-refractivity contribution in [3.8, 4) is 11.5 Å². The number of carbonyl (C=O) groups is 3. The fourth-order valence-electron chi connectivity index (χ4n) is 3.20. The third kappa shape index (κ3) is 5.27. The molecule has 0 atom stereocenters. The summed E-state index contributed by atoms with van der Waals surface area (Å²) in [4.78, 5) is 39.2. The number of nitrogens with zero attached hydrogens (tertiary/aromatic N) is 1. The first-order valence-corrected chi connectivity index (χ1v) is 11.1. The number of methoxy groups -OCH3 is 1. The summed E-state index contributed by atoms with van der Waals surface area (Å²) in [5.74, 6) is -0.361. The molecule has 0 aliphatic carbocycles. The smallest absolute Gasteiger partial charge is 0.343 e. The molecule has 1 heterocycles. The molecule has 33 heavy (non-hydrogen) atoms. The second-order valence-electron chi connectivity index (χ2n) is 7.06. The van der Waals surface area contributed by atoms with Gasteiger partial charge in [-0.05, 0) is 65.4 Å². The zero-order valence-corrected chi connectivity index (χ0v) is 19.1. The summed E-state index contributed by atoms with van der Waals surface area (Å²) in [6.45, 7) is 0.130. The van der Waals surface area contributed by atoms with Crippen molar-refractivity contribution in [1.29, 1.82) is 0 Å². The van der Waals surface area contributed by atoms with Gasteiger partial charge in [0, 0.05) is 5.02 Å². The highest BCUT2D eigenvalue weighted by atomic mass is 35.5. The van der Waals surface area contributed by atoms with Crippen molar-refractivity contribution in [2.75, 3.05) is 7.11 Å². The number of rotatable bonds is 6. The molecule has 0 N–H and O–H groups in total. The summed E-state index contributed by atoms with van der Waals surface area (Å²) < 4.78 is 10.8. The molecule has 1 saturated heterocycles. The Kier molecular flexibility index (Phi) is 6.82. The molecule has 0 bridgehead atoms. The monoisotopic (exact) mass is 479 g/mol. The summed E-state index contributed by atoms with van der Waals surface area (Å²) in [5, 5.41) is 0.168. The summed E-state index contributed by atoms with van der Waals surface area (Å²) in [6, 6.07) is 20.5. The SMILES string of the molecule is COc1ccc(/C=C2\SC(=O)N(Cc3cccc(Cl)c3)C2=O)cc1OC(=O)c1ccccc1. The van der Waals surface area contributed by atoms with Gasteiger partial charge < -0.3 is 9.47 Å². The first-order valence-electron chi connectivity index (χ1n) is 9.89. The Morgan fingerprint density at radius 3 is 2.52 bits per heavy atom. The number of thioether (sulfide) groups is 1. The summed E-state index contributed by atoms with van der Waals surface area (Å²) in [6.07, 6.45) is 1.59. The summed E-state index contributed by atoms with van der Waals surface area (Å²) in [7, 11) is 1.47. The van der Waals surface area contributed by atoms with Crippen LogP contribution in [0, 0.1) is 0 Å². The van der Waals surface area contributed by atoms with E-state index in [2.05, 4.69) is 0 Å². The molecule has 2 amide bonds. The predicted molar refractivity (Wildman–Crippen MR) is 127 cm³/mol. The molecule has 1 aliphatic rings. The number of carbonyl (C=O) groups excluding carboxylic acids is 3. The van der Waals surface area contributed by atoms with Gasteiger partial charge in [0.05, 0.1) is 24.1 Å². The zero-order chi connectivity index (χ0) is 23.4. The largest absolute Gasteiger partial charge is 0.493 e. The number of hydrogen-bond acceptors (Lipinski definition) is 6. The minimum Gasteiger partial charge on any atom is -0.493 e. The van der Waals surface area contributed by atoms with E-state index in [1.165, 1.54) is 12.0 Å². The third-order valence-corrected chi connectivity index (χ3v) is 5.94. The van der Waals surface area contributed by atoms with Gasteiger partial charge in [-0.3, -0.25) is 14.5 Å². The fourth-order valence-corrected chi connectivity index (χ4v) is 4.25. The topological polar surface area (TPSA) is 72.9 Å². The third-order valence-electron chi connectivity index (χ3n) is 4.80. The van der Waals surface area contributed by atoms with Crippen molar-refractivity contribution in [2.24, 2.45) is 0 Å². The Morgan fingerprint density at radius 2 is 1.79 bits per heavy atom. The van der Waals surface area contributed by atoms with Gasteiger partial charge in [0.25, 0.3) is 11.1 Å². The Balaban J connectivity index is 1.56. The van der Waals surface area contributed by atoms with Gasteiger partial charge in [-0.25, -0.2) is 4.79 Å². The van der Waals surface area contributed by atoms with Crippen LogP contribution in [0.5, 0.6) is 11.5 Å². The average Bonchev–Trinajstić information content (AvgIpc) is 3.07. The van der Waals surface area contributed by atoms with Crippen LogP contribution in [-0.2, 0) is 11.3 Å². The number of hydrogen-bond donors (Lipinski definition) is 0. The van der Waals surface area contributed by atoms with Gasteiger partial charge in [-0.15, -0.1) is 0 Å². The molecule has 166 valence electrons. The van der Waals surface area contributed by atoms with E-state index in [0.29, 0.717) is 21.9 Å². The van der Waals surface area contributed by atoms with E-state index >= 15 is 0 Å². The Bertz CT molecular complexity index is 1260. The molecule has 1 fully saturated rings. The number of amides is 2. The van der Waals surface area contributed by atoms with Crippen LogP contribution in [0.2, 0.25) is 5.02 Å². The lowest BCUT2D eigenvalue weighted by Crippen LogP contribution is -2.27. The zero-order valence-electron chi connectivity index (χ0n) is 17.5. The van der Waals surface area contributed by atoms with Gasteiger partial charge >= 0.3 is 5.97 Å². The molecule has 6 nitrogen and oxygen atoms in total. The molecular weight excluding hydrogens is 462 g/mol. The van der Waals surface area contributed by atoms with Crippen LogP contribution in [-0.4, -0.2) is 29.1 Å². The van der Waals surface area contributed by atoms with Gasteiger partial charge in [-0.2, -0.15) is 0 Å². The van der Waals surface area contributed by atoms with Crippen LogP contribution in [0.4, 0.5) is 4.79 Å². The van der Waals surface area contributed by atoms with E-state index < -0.39 is 11.9 Å². The quantitative estimate of drug-likeness (QED) is 0.252. The van der Waals surface area contributed by atoms with Crippen molar-refractivity contribution in [3.63, 3.8) is 0 Å². The number of esters is 1. The highest BCUT2D eigenvalue weighted by Gasteiger charge is 2.35. The number of benzene rings is 3. The van der Waals surface area contributed by atoms with Gasteiger partial charge in [0.1, 0.15) is 0 Å². The lowest BCUT2D eigenvalue weighted by Gasteiger charge is -2.12. The molecule has 4 rings (SSSR count). The predicted octanol–water partition coefficient (Wildman–Crippen LogP) is 5.80. The average molecular weight is 480 g/mol. The molecular formula is C25H18ClNO5S. The first-order chi connectivity index (χ1) is 15.9. The van der Waals surface area contributed by atoms with Crippen molar-refractivity contribution < 1.29 is 23.9 Å². The normalized spacial score (nSPS) is 14.6. The highest BCUT2D eigenvalue weighted by molar-refractivity contribution is 8.18. The molecule has 0 radical (unpaired) electrons. The Hall–Kier alpha value is -3.55. The second kappa shape index (κ2) is 9.94. The Morgan fingerprint density at radius 1 is 1.00 bits per heavy atom. The van der Waals surface area contributed by atoms with Crippen LogP contribution in [0.3, 0.4) is 0 Å². The number of ether oxygens (including phenoxy) is 2. The van der Waals surface area contributed by atoms with Crippen molar-refractivity contribution >= 4 is 46.6 Å². The van der Waals surface area contributed by atoms with Gasteiger partial charge in [0.2, 0.25) is 0 Å². The van der Waals surface area contributed by atoms with E-state index in [9.17, 15) is 14.4 Å². The minimum atomic E-state index is -0.534. The standard InChI is InChI=1S/C25H18ClNO5S/c1-31-20-11-10-16(13-21(20)32-24(29)18-7-3-2-4-8-18)14-22-23(28)27(25(30)33-22)15-17-6-5-9-19(26)12-17/h2-14H,15H2,1H3/b22-14-. The van der Waals surface area contributed by atoms with Crippen molar-refractivity contribution in [1.82, 2.24) is 4.90 Å². The highest BCUT2D eigenvalue weighted by Crippen LogP contribution is 2.35. The maximum atomic E-state index is 12.9. The summed E-state index contributed by atoms with van der Waals surface area (Å²) >= 11 is 6.86. The van der Waals surface area contributed by atoms with Crippen LogP contribution >= 0.6 is 23.4 Å². The Labute approximate surface area is 199 Å². The molecule has 1 aliphatic heterocycles. The van der Waals surface area contributed by atoms with E-state index in [0.717, 1.165) is 17.3 Å². The van der Waals surface area contributed by atoms with Crippen LogP contribution < -0.4 is 9.47 Å². The van der Waals surface area contributed by atoms with Crippen LogP contribution in [0.15, 0.2) is 77.7 Å². The van der Waals surface area contributed by atoms with E-state index in [1.807, 2.05) is 0 Å². The molecule has 0 spiro atoms. The van der Waals surface area contributed by atoms with Crippen LogP contribution in [0.25, 0.3) is 6.08 Å². The lowest BCUT2D eigenvalue weighted by molar-refractivity contribution is -0.123. The van der Waals surface area contributed by atoms with E-state index in [-0.39, 0.29) is 22.4 Å². The number of imide groups is 1. The fraction of sp³-hybridized carbons (Fsp3) is 0.0800. The van der Waals surface area contributed by atoms with E-state index in [4.69, 9.17) is 21.1 Å². The summed E-state index contributed by atoms with van der Waals surface area (Å²) in [5.41, 5.74) is 1.73. The molecule has 0 aromatic heterocycles. The van der Waals surface area contributed by atoms with E-state index in [1.54, 1.807) is 78.9 Å². The minimum absolute atomic E-state index is 0.130. The van der Waals surface area contributed by atoms with Crippen LogP contribution in [0.1, 0.15) is 21.5 Å². The first kappa shape index (κ1) is 22.6. The van der Waals surface area contributed by atoms with Gasteiger partial charge in [-0.1, -0.05) is 48.0 Å². The van der Waals surface area contributed by atoms with Crippen molar-refractivity contribution in [2.45, 2.75) is 6.54 Å². The molecule has 3 aromatic carbocycles. The maximum Gasteiger partial charge on any atom is 0.343 e. The molecule has 0 unspecified atom stereocenters. The lowest BCUT2D eigenvalue weighted by atomic mass is 10.1. The van der Waals surface area contributed by atoms with Gasteiger partial charge in [0.15, 0.2) is 11.5 Å². The molecule has 8 heteroatoms. The maximum absolute atomic E-state index is 12.9. The second-order valence-corrected chi connectivity index (χ2v) is 8.49. The number of halogens is 1. The molecule has 3 aromatic rings.